The molecule has 8 nitrogen and oxygen atoms in total. The molecule has 4 aromatic rings. The average molecular weight is 851 g/mol. The van der Waals surface area contributed by atoms with Crippen LogP contribution >= 0.6 is 0 Å². The Balaban J connectivity index is 1.87. The molecule has 1 aliphatic rings. The van der Waals surface area contributed by atoms with E-state index in [1.165, 1.54) is 24.3 Å². The second-order valence-electron chi connectivity index (χ2n) is 19.9. The number of hydrogen-bond donors (Lipinski definition) is 0. The highest BCUT2D eigenvalue weighted by Gasteiger charge is 2.46. The number of fused-ring (bicyclic) bond motifs is 3. The van der Waals surface area contributed by atoms with Gasteiger partial charge in [-0.2, -0.15) is 0 Å². The van der Waals surface area contributed by atoms with Gasteiger partial charge >= 0.3 is 23.9 Å². The van der Waals surface area contributed by atoms with Crippen molar-refractivity contribution in [2.75, 3.05) is 0 Å². The highest BCUT2D eigenvalue weighted by molar-refractivity contribution is 5.94. The molecule has 330 valence electrons. The first kappa shape index (κ1) is 47.8. The standard InChI is InChI=1S/C55H62O8/c1-35-31-39(33-37(23-27-47(56)60-51(3,4)5)41(35)25-29-49(58)62-53(9,10)11)55(45-21-17-15-19-43(45)44-20-16-18-22-46(44)55)40-32-36(2)42(26-30-50(59)63-54(12,13)14)38(34-40)24-28-48(57)61-52(6,7)8/h15-34H,1-14H3. The molecule has 0 unspecified atom stereocenters. The summed E-state index contributed by atoms with van der Waals surface area (Å²) in [5.41, 5.74) is 6.73. The molecule has 0 aliphatic heterocycles. The van der Waals surface area contributed by atoms with Gasteiger partial charge < -0.3 is 18.9 Å². The van der Waals surface area contributed by atoms with Crippen molar-refractivity contribution in [3.05, 3.63) is 153 Å². The quantitative estimate of drug-likeness (QED) is 0.0777. The fourth-order valence-electron chi connectivity index (χ4n) is 7.80. The lowest BCUT2D eigenvalue weighted by molar-refractivity contribution is -0.149. The summed E-state index contributed by atoms with van der Waals surface area (Å²) in [5.74, 6) is -2.00. The van der Waals surface area contributed by atoms with Gasteiger partial charge in [0.05, 0.1) is 5.41 Å². The molecule has 8 heteroatoms. The summed E-state index contributed by atoms with van der Waals surface area (Å²) in [6.45, 7) is 25.7. The fraction of sp³-hybridized carbons (Fsp3) is 0.345. The minimum absolute atomic E-state index is 0.494. The predicted molar refractivity (Wildman–Crippen MR) is 253 cm³/mol. The molecule has 0 fully saturated rings. The number of esters is 4. The van der Waals surface area contributed by atoms with E-state index in [9.17, 15) is 19.2 Å². The summed E-state index contributed by atoms with van der Waals surface area (Å²) in [5, 5.41) is 0. The maximum Gasteiger partial charge on any atom is 0.331 e. The Kier molecular flexibility index (Phi) is 13.8. The highest BCUT2D eigenvalue weighted by atomic mass is 16.6. The van der Waals surface area contributed by atoms with Crippen molar-refractivity contribution in [3.63, 3.8) is 0 Å². The molecule has 0 N–H and O–H groups in total. The molecule has 0 spiro atoms. The second-order valence-corrected chi connectivity index (χ2v) is 19.9. The SMILES string of the molecule is Cc1cc(C2(c3cc(C)c(C=CC(=O)OC(C)(C)C)c(C=CC(=O)OC(C)(C)C)c3)c3ccccc3-c3ccccc32)cc(C=CC(=O)OC(C)(C)C)c1C=CC(=O)OC(C)(C)C. The third kappa shape index (κ3) is 12.0. The van der Waals surface area contributed by atoms with Crippen molar-refractivity contribution >= 4 is 48.2 Å². The number of rotatable bonds is 10. The van der Waals surface area contributed by atoms with Crippen LogP contribution in [0.1, 0.15) is 139 Å². The lowest BCUT2D eigenvalue weighted by Crippen LogP contribution is -2.29. The van der Waals surface area contributed by atoms with E-state index in [2.05, 4.69) is 48.5 Å². The largest absolute Gasteiger partial charge is 0.457 e. The predicted octanol–water partition coefficient (Wildman–Crippen LogP) is 12.1. The Hall–Kier alpha value is -6.28. The number of hydrogen-bond acceptors (Lipinski definition) is 8. The van der Waals surface area contributed by atoms with E-state index in [0.29, 0.717) is 11.1 Å². The van der Waals surface area contributed by atoms with Crippen LogP contribution in [0.4, 0.5) is 0 Å². The average Bonchev–Trinajstić information content (AvgIpc) is 3.43. The van der Waals surface area contributed by atoms with Crippen LogP contribution in [0, 0.1) is 13.8 Å². The first-order valence-electron chi connectivity index (χ1n) is 21.3. The molecular formula is C55H62O8. The lowest BCUT2D eigenvalue weighted by atomic mass is 9.66. The minimum Gasteiger partial charge on any atom is -0.457 e. The zero-order chi connectivity index (χ0) is 46.7. The third-order valence-electron chi connectivity index (χ3n) is 9.85. The Labute approximate surface area is 373 Å². The van der Waals surface area contributed by atoms with Gasteiger partial charge in [0.25, 0.3) is 0 Å². The Morgan fingerprint density at radius 2 is 0.714 bits per heavy atom. The number of carbonyl (C=O) groups excluding carboxylic acids is 4. The molecule has 4 aromatic carbocycles. The van der Waals surface area contributed by atoms with Crippen LogP contribution in [-0.4, -0.2) is 46.3 Å². The Bertz CT molecular complexity index is 2360. The van der Waals surface area contributed by atoms with Crippen LogP contribution in [0.5, 0.6) is 0 Å². The zero-order valence-electron chi connectivity index (χ0n) is 39.3. The first-order valence-corrected chi connectivity index (χ1v) is 21.3. The van der Waals surface area contributed by atoms with E-state index in [0.717, 1.165) is 55.6 Å². The fourth-order valence-corrected chi connectivity index (χ4v) is 7.80. The van der Waals surface area contributed by atoms with Gasteiger partial charge in [0.15, 0.2) is 0 Å². The van der Waals surface area contributed by atoms with Gasteiger partial charge in [-0.15, -0.1) is 0 Å². The van der Waals surface area contributed by atoms with Gasteiger partial charge in [-0.1, -0.05) is 60.7 Å². The van der Waals surface area contributed by atoms with Crippen molar-refractivity contribution in [1.82, 2.24) is 0 Å². The number of aryl methyl sites for hydroxylation is 2. The molecule has 0 saturated heterocycles. The first-order chi connectivity index (χ1) is 29.2. The molecule has 5 rings (SSSR count). The van der Waals surface area contributed by atoms with Gasteiger partial charge in [0.2, 0.25) is 0 Å². The molecule has 0 radical (unpaired) electrons. The maximum absolute atomic E-state index is 13.2. The normalized spacial score (nSPS) is 14.0. The van der Waals surface area contributed by atoms with Gasteiger partial charge in [-0.05, 0) is 200 Å². The van der Waals surface area contributed by atoms with Crippen molar-refractivity contribution in [2.24, 2.45) is 0 Å². The molecule has 0 aromatic heterocycles. The van der Waals surface area contributed by atoms with Gasteiger partial charge in [-0.25, -0.2) is 19.2 Å². The topological polar surface area (TPSA) is 105 Å². The molecule has 0 bridgehead atoms. The van der Waals surface area contributed by atoms with E-state index in [-0.39, 0.29) is 0 Å². The number of benzene rings is 4. The molecule has 0 atom stereocenters. The van der Waals surface area contributed by atoms with Crippen molar-refractivity contribution in [3.8, 4) is 11.1 Å². The highest BCUT2D eigenvalue weighted by Crippen LogP contribution is 2.57. The minimum atomic E-state index is -0.938. The van der Waals surface area contributed by atoms with Crippen LogP contribution in [0.3, 0.4) is 0 Å². The molecule has 0 heterocycles. The number of ether oxygens (including phenoxy) is 4. The zero-order valence-corrected chi connectivity index (χ0v) is 39.3. The molecular weight excluding hydrogens is 789 g/mol. The summed E-state index contributed by atoms with van der Waals surface area (Å²) in [7, 11) is 0. The van der Waals surface area contributed by atoms with E-state index in [4.69, 9.17) is 18.9 Å². The third-order valence-corrected chi connectivity index (χ3v) is 9.85. The summed E-state index contributed by atoms with van der Waals surface area (Å²) in [6, 6.07) is 25.0. The van der Waals surface area contributed by atoms with Crippen molar-refractivity contribution < 1.29 is 38.1 Å². The van der Waals surface area contributed by atoms with Crippen molar-refractivity contribution in [1.29, 1.82) is 0 Å². The molecule has 63 heavy (non-hydrogen) atoms. The van der Waals surface area contributed by atoms with Crippen LogP contribution in [0.25, 0.3) is 35.4 Å². The molecule has 0 saturated carbocycles. The Morgan fingerprint density at radius 1 is 0.429 bits per heavy atom. The van der Waals surface area contributed by atoms with Crippen LogP contribution in [0.2, 0.25) is 0 Å². The molecule has 0 amide bonds. The summed E-state index contributed by atoms with van der Waals surface area (Å²) in [4.78, 5) is 52.4. The van der Waals surface area contributed by atoms with Crippen LogP contribution in [-0.2, 0) is 43.5 Å². The van der Waals surface area contributed by atoms with Gasteiger partial charge in [0.1, 0.15) is 22.4 Å². The molecule has 1 aliphatic carbocycles. The monoisotopic (exact) mass is 850 g/mol. The van der Waals surface area contributed by atoms with Gasteiger partial charge in [0, 0.05) is 24.3 Å². The van der Waals surface area contributed by atoms with E-state index in [1.54, 1.807) is 24.3 Å². The van der Waals surface area contributed by atoms with E-state index in [1.807, 2.05) is 121 Å². The van der Waals surface area contributed by atoms with Gasteiger partial charge in [-0.3, -0.25) is 0 Å². The smallest absolute Gasteiger partial charge is 0.331 e. The van der Waals surface area contributed by atoms with E-state index < -0.39 is 51.7 Å². The van der Waals surface area contributed by atoms with Crippen LogP contribution in [0.15, 0.2) is 97.1 Å². The summed E-state index contributed by atoms with van der Waals surface area (Å²) < 4.78 is 22.5. The summed E-state index contributed by atoms with van der Waals surface area (Å²) >= 11 is 0. The van der Waals surface area contributed by atoms with Crippen LogP contribution < -0.4 is 0 Å². The second kappa shape index (κ2) is 18.2. The maximum atomic E-state index is 13.2. The van der Waals surface area contributed by atoms with E-state index >= 15 is 0 Å². The lowest BCUT2D eigenvalue weighted by Gasteiger charge is -2.35. The number of carbonyl (C=O) groups is 4. The summed E-state index contributed by atoms with van der Waals surface area (Å²) in [6.07, 6.45) is 12.5. The Morgan fingerprint density at radius 3 is 1.02 bits per heavy atom. The van der Waals surface area contributed by atoms with Crippen molar-refractivity contribution in [2.45, 2.75) is 125 Å².